The normalized spacial score (nSPS) is 11.9. The van der Waals surface area contributed by atoms with E-state index in [1.807, 2.05) is 13.8 Å². The summed E-state index contributed by atoms with van der Waals surface area (Å²) >= 11 is 0. The molecule has 7 heteroatoms. The Bertz CT molecular complexity index is 556. The fraction of sp³-hybridized carbons (Fsp3) is 0.385. The summed E-state index contributed by atoms with van der Waals surface area (Å²) in [6.07, 6.45) is 3.89. The number of hydrogen-bond donors (Lipinski definition) is 2. The summed E-state index contributed by atoms with van der Waals surface area (Å²) in [7, 11) is 0. The molecular weight excluding hydrogens is 258 g/mol. The van der Waals surface area contributed by atoms with Crippen LogP contribution in [-0.2, 0) is 6.54 Å². The highest BCUT2D eigenvalue weighted by Gasteiger charge is 2.09. The molecule has 0 bridgehead atoms. The van der Waals surface area contributed by atoms with Gasteiger partial charge in [0.1, 0.15) is 12.2 Å². The third-order valence-corrected chi connectivity index (χ3v) is 2.78. The molecular formula is C13H17N5O2. The van der Waals surface area contributed by atoms with E-state index in [1.54, 1.807) is 18.3 Å². The van der Waals surface area contributed by atoms with E-state index >= 15 is 0 Å². The number of H-pyrrole nitrogens is 1. The summed E-state index contributed by atoms with van der Waals surface area (Å²) in [5.74, 6) is 0.841. The van der Waals surface area contributed by atoms with Gasteiger partial charge >= 0.3 is 0 Å². The number of carbonyl (C=O) groups excluding carboxylic acids is 1. The van der Waals surface area contributed by atoms with Gasteiger partial charge in [0.2, 0.25) is 5.88 Å². The van der Waals surface area contributed by atoms with Crippen molar-refractivity contribution in [1.29, 1.82) is 0 Å². The summed E-state index contributed by atoms with van der Waals surface area (Å²) in [5, 5.41) is 9.13. The lowest BCUT2D eigenvalue weighted by Gasteiger charge is -2.12. The van der Waals surface area contributed by atoms with Gasteiger partial charge < -0.3 is 10.1 Å². The fourth-order valence-corrected chi connectivity index (χ4v) is 1.49. The largest absolute Gasteiger partial charge is 0.475 e. The molecule has 20 heavy (non-hydrogen) atoms. The molecule has 0 spiro atoms. The van der Waals surface area contributed by atoms with Crippen molar-refractivity contribution in [2.45, 2.75) is 32.9 Å². The van der Waals surface area contributed by atoms with Crippen molar-refractivity contribution in [2.24, 2.45) is 0 Å². The minimum absolute atomic E-state index is 0.0648. The van der Waals surface area contributed by atoms with E-state index in [4.69, 9.17) is 4.74 Å². The molecule has 0 radical (unpaired) electrons. The van der Waals surface area contributed by atoms with Crippen molar-refractivity contribution < 1.29 is 9.53 Å². The molecule has 2 rings (SSSR count). The second-order valence-corrected chi connectivity index (χ2v) is 4.33. The molecule has 0 aliphatic rings. The van der Waals surface area contributed by atoms with E-state index in [0.717, 1.165) is 6.42 Å². The number of carbonyl (C=O) groups is 1. The number of nitrogens with one attached hydrogen (secondary N) is 2. The SMILES string of the molecule is CCC(C)Oc1cc(C(=O)NCc2ncn[nH]2)ccn1. The standard InChI is InChI=1S/C13H17N5O2/c1-3-9(2)20-12-6-10(4-5-14-12)13(19)15-7-11-16-8-17-18-11/h4-6,8-9H,3,7H2,1-2H3,(H,15,19)(H,16,17,18). The first kappa shape index (κ1) is 14.0. The lowest BCUT2D eigenvalue weighted by molar-refractivity contribution is 0.0948. The quantitative estimate of drug-likeness (QED) is 0.829. The smallest absolute Gasteiger partial charge is 0.251 e. The topological polar surface area (TPSA) is 92.8 Å². The number of ether oxygens (including phenoxy) is 1. The molecule has 1 amide bonds. The monoisotopic (exact) mass is 275 g/mol. The molecule has 0 aliphatic heterocycles. The maximum atomic E-state index is 12.0. The molecule has 7 nitrogen and oxygen atoms in total. The van der Waals surface area contributed by atoms with Crippen LogP contribution in [0.25, 0.3) is 0 Å². The molecule has 2 aromatic rings. The van der Waals surface area contributed by atoms with Gasteiger partial charge in [-0.25, -0.2) is 9.97 Å². The van der Waals surface area contributed by atoms with Gasteiger partial charge in [-0.15, -0.1) is 0 Å². The molecule has 0 saturated heterocycles. The summed E-state index contributed by atoms with van der Waals surface area (Å²) in [6.45, 7) is 4.28. The lowest BCUT2D eigenvalue weighted by atomic mass is 10.2. The van der Waals surface area contributed by atoms with Crippen LogP contribution in [0.3, 0.4) is 0 Å². The van der Waals surface area contributed by atoms with E-state index < -0.39 is 0 Å². The molecule has 2 N–H and O–H groups in total. The van der Waals surface area contributed by atoms with Gasteiger partial charge in [-0.3, -0.25) is 9.89 Å². The number of rotatable bonds is 6. The van der Waals surface area contributed by atoms with Crippen LogP contribution in [0.4, 0.5) is 0 Å². The fourth-order valence-electron chi connectivity index (χ4n) is 1.49. The molecule has 0 aliphatic carbocycles. The Hall–Kier alpha value is -2.44. The zero-order valence-corrected chi connectivity index (χ0v) is 11.5. The highest BCUT2D eigenvalue weighted by molar-refractivity contribution is 5.94. The number of amides is 1. The predicted octanol–water partition coefficient (Wildman–Crippen LogP) is 1.31. The number of aromatic nitrogens is 4. The molecule has 106 valence electrons. The highest BCUT2D eigenvalue weighted by atomic mass is 16.5. The third kappa shape index (κ3) is 3.78. The van der Waals surface area contributed by atoms with E-state index in [2.05, 4.69) is 25.5 Å². The van der Waals surface area contributed by atoms with Crippen LogP contribution in [0.1, 0.15) is 36.5 Å². The molecule has 0 aromatic carbocycles. The number of nitrogens with zero attached hydrogens (tertiary/aromatic N) is 3. The summed E-state index contributed by atoms with van der Waals surface area (Å²) in [5.41, 5.74) is 0.498. The van der Waals surface area contributed by atoms with Gasteiger partial charge in [-0.05, 0) is 19.4 Å². The van der Waals surface area contributed by atoms with Crippen LogP contribution in [-0.4, -0.2) is 32.2 Å². The minimum atomic E-state index is -0.210. The maximum Gasteiger partial charge on any atom is 0.251 e. The Morgan fingerprint density at radius 2 is 2.35 bits per heavy atom. The van der Waals surface area contributed by atoms with Crippen LogP contribution < -0.4 is 10.1 Å². The number of hydrogen-bond acceptors (Lipinski definition) is 5. The van der Waals surface area contributed by atoms with Gasteiger partial charge in [-0.2, -0.15) is 5.10 Å². The van der Waals surface area contributed by atoms with Crippen molar-refractivity contribution in [3.63, 3.8) is 0 Å². The Morgan fingerprint density at radius 3 is 3.05 bits per heavy atom. The van der Waals surface area contributed by atoms with E-state index in [9.17, 15) is 4.79 Å². The average Bonchev–Trinajstić information content (AvgIpc) is 2.98. The van der Waals surface area contributed by atoms with Crippen LogP contribution >= 0.6 is 0 Å². The summed E-state index contributed by atoms with van der Waals surface area (Å²) in [6, 6.07) is 3.26. The van der Waals surface area contributed by atoms with Crippen molar-refractivity contribution >= 4 is 5.91 Å². The third-order valence-electron chi connectivity index (χ3n) is 2.78. The maximum absolute atomic E-state index is 12.0. The van der Waals surface area contributed by atoms with Crippen molar-refractivity contribution in [2.75, 3.05) is 0 Å². The van der Waals surface area contributed by atoms with Crippen LogP contribution in [0.15, 0.2) is 24.7 Å². The molecule has 1 unspecified atom stereocenters. The first-order valence-electron chi connectivity index (χ1n) is 6.44. The zero-order valence-electron chi connectivity index (χ0n) is 11.5. The zero-order chi connectivity index (χ0) is 14.4. The first-order chi connectivity index (χ1) is 9.69. The van der Waals surface area contributed by atoms with Crippen LogP contribution in [0.2, 0.25) is 0 Å². The molecule has 2 aromatic heterocycles. The number of pyridine rings is 1. The average molecular weight is 275 g/mol. The second-order valence-electron chi connectivity index (χ2n) is 4.33. The van der Waals surface area contributed by atoms with Crippen LogP contribution in [0.5, 0.6) is 5.88 Å². The molecule has 1 atom stereocenters. The van der Waals surface area contributed by atoms with Crippen molar-refractivity contribution in [1.82, 2.24) is 25.5 Å². The molecule has 0 saturated carbocycles. The van der Waals surface area contributed by atoms with Gasteiger partial charge in [0.25, 0.3) is 5.91 Å². The van der Waals surface area contributed by atoms with Gasteiger partial charge in [-0.1, -0.05) is 6.92 Å². The van der Waals surface area contributed by atoms with Gasteiger partial charge in [0, 0.05) is 17.8 Å². The molecule has 2 heterocycles. The van der Waals surface area contributed by atoms with Crippen molar-refractivity contribution in [3.05, 3.63) is 36.0 Å². The lowest BCUT2D eigenvalue weighted by Crippen LogP contribution is -2.23. The van der Waals surface area contributed by atoms with Crippen molar-refractivity contribution in [3.8, 4) is 5.88 Å². The first-order valence-corrected chi connectivity index (χ1v) is 6.44. The highest BCUT2D eigenvalue weighted by Crippen LogP contribution is 2.12. The van der Waals surface area contributed by atoms with E-state index in [1.165, 1.54) is 6.33 Å². The number of aromatic amines is 1. The molecule has 0 fully saturated rings. The summed E-state index contributed by atoms with van der Waals surface area (Å²) < 4.78 is 5.59. The summed E-state index contributed by atoms with van der Waals surface area (Å²) in [4.78, 5) is 20.0. The Labute approximate surface area is 116 Å². The Kier molecular flexibility index (Phi) is 4.65. The van der Waals surface area contributed by atoms with Crippen LogP contribution in [0, 0.1) is 0 Å². The minimum Gasteiger partial charge on any atom is -0.475 e. The van der Waals surface area contributed by atoms with E-state index in [0.29, 0.717) is 23.8 Å². The van der Waals surface area contributed by atoms with Gasteiger partial charge in [0.05, 0.1) is 12.6 Å². The Balaban J connectivity index is 1.97. The second kappa shape index (κ2) is 6.65. The predicted molar refractivity (Wildman–Crippen MR) is 72.2 cm³/mol. The van der Waals surface area contributed by atoms with Gasteiger partial charge in [0.15, 0.2) is 0 Å². The van der Waals surface area contributed by atoms with E-state index in [-0.39, 0.29) is 12.0 Å². The Morgan fingerprint density at radius 1 is 1.50 bits per heavy atom.